The van der Waals surface area contributed by atoms with Crippen LogP contribution >= 0.6 is 0 Å². The fourth-order valence-corrected chi connectivity index (χ4v) is 9.65. The summed E-state index contributed by atoms with van der Waals surface area (Å²) < 4.78 is 47.7. The van der Waals surface area contributed by atoms with Crippen LogP contribution in [0, 0.1) is 5.41 Å². The smallest absolute Gasteiger partial charge is 0.264 e. The number of amides is 2. The Morgan fingerprint density at radius 3 is 2.29 bits per heavy atom. The summed E-state index contributed by atoms with van der Waals surface area (Å²) in [5.41, 5.74) is 3.84. The Labute approximate surface area is 282 Å². The number of likely N-dealkylation sites (N-methyl/N-ethyl adjacent to an activating group) is 1. The Bertz CT molecular complexity index is 1780. The fraction of sp³-hybridized carbons (Fsp3) is 0.568. The molecule has 258 valence electrons. The van der Waals surface area contributed by atoms with Crippen molar-refractivity contribution in [3.8, 4) is 17.0 Å². The zero-order chi connectivity index (χ0) is 33.6. The molecule has 2 aromatic carbocycles. The van der Waals surface area contributed by atoms with Gasteiger partial charge in [0.1, 0.15) is 5.75 Å². The van der Waals surface area contributed by atoms with Gasteiger partial charge in [-0.3, -0.25) is 14.0 Å². The molecule has 2 atom stereocenters. The third kappa shape index (κ3) is 6.24. The highest BCUT2D eigenvalue weighted by Crippen LogP contribution is 2.53. The van der Waals surface area contributed by atoms with E-state index in [1.165, 1.54) is 12.0 Å². The number of carbonyl (C=O) groups excluding carboxylic acids is 2. The fourth-order valence-electron chi connectivity index (χ4n) is 8.65. The molecule has 0 spiro atoms. The Hall–Kier alpha value is -3.44. The zero-order valence-electron chi connectivity index (χ0n) is 28.0. The van der Waals surface area contributed by atoms with Crippen LogP contribution in [-0.4, -0.2) is 86.4 Å². The van der Waals surface area contributed by atoms with Crippen molar-refractivity contribution in [2.45, 2.75) is 88.8 Å². The van der Waals surface area contributed by atoms with Crippen LogP contribution in [0.4, 0.5) is 4.39 Å². The molecule has 2 saturated carbocycles. The summed E-state index contributed by atoms with van der Waals surface area (Å²) >= 11 is 0. The highest BCUT2D eigenvalue weighted by molar-refractivity contribution is 7.90. The Morgan fingerprint density at radius 2 is 1.67 bits per heavy atom. The first-order valence-electron chi connectivity index (χ1n) is 17.6. The first-order valence-corrected chi connectivity index (χ1v) is 19.2. The maximum atomic E-state index is 14.6. The Balaban J connectivity index is 1.35. The lowest BCUT2D eigenvalue weighted by Gasteiger charge is -2.41. The lowest BCUT2D eigenvalue weighted by molar-refractivity contribution is -0.143. The van der Waals surface area contributed by atoms with E-state index < -0.39 is 33.8 Å². The predicted molar refractivity (Wildman–Crippen MR) is 184 cm³/mol. The van der Waals surface area contributed by atoms with Gasteiger partial charge in [0.15, 0.2) is 0 Å². The standard InChI is InChI=1S/C37H47FN4O5S/c1-40-22-28-12-13-29(23-40)42(28)36(44)37(17-18-37)24-41-32-21-27(35(43)39-48(45,46)20-6-19-38)11-16-31(32)33(25-7-4-3-5-8-25)34(41)26-9-14-30(47-2)15-10-26/h9-11,14-16,21,25,28-29H,3-8,12-13,17-20,22-24H2,1-2H3,(H,39,43). The molecular weight excluding hydrogens is 631 g/mol. The number of hydrogen-bond acceptors (Lipinski definition) is 6. The minimum atomic E-state index is -3.99. The summed E-state index contributed by atoms with van der Waals surface area (Å²) in [6.07, 6.45) is 9.15. The number of likely N-dealkylation sites (tertiary alicyclic amines) is 1. The molecule has 9 nitrogen and oxygen atoms in total. The van der Waals surface area contributed by atoms with Crippen molar-refractivity contribution in [2.75, 3.05) is 39.7 Å². The van der Waals surface area contributed by atoms with Crippen LogP contribution in [0.3, 0.4) is 0 Å². The van der Waals surface area contributed by atoms with E-state index in [4.69, 9.17) is 4.74 Å². The number of halogens is 1. The molecule has 7 rings (SSSR count). The van der Waals surface area contributed by atoms with Crippen molar-refractivity contribution in [1.82, 2.24) is 19.1 Å². The number of rotatable bonds is 11. The van der Waals surface area contributed by atoms with Crippen molar-refractivity contribution in [2.24, 2.45) is 5.41 Å². The minimum Gasteiger partial charge on any atom is -0.497 e. The molecule has 1 aromatic heterocycles. The van der Waals surface area contributed by atoms with Gasteiger partial charge in [0.2, 0.25) is 15.9 Å². The second-order valence-corrected chi connectivity index (χ2v) is 16.4. The lowest BCUT2D eigenvalue weighted by Crippen LogP contribution is -2.56. The maximum Gasteiger partial charge on any atom is 0.264 e. The van der Waals surface area contributed by atoms with Crippen molar-refractivity contribution < 1.29 is 27.1 Å². The molecule has 4 aliphatic rings. The van der Waals surface area contributed by atoms with E-state index in [9.17, 15) is 22.4 Å². The molecule has 3 aromatic rings. The van der Waals surface area contributed by atoms with Crippen LogP contribution in [-0.2, 0) is 21.4 Å². The number of aromatic nitrogens is 1. The van der Waals surface area contributed by atoms with Crippen molar-refractivity contribution in [3.05, 3.63) is 53.6 Å². The van der Waals surface area contributed by atoms with E-state index in [-0.39, 0.29) is 30.0 Å². The predicted octanol–water partition coefficient (Wildman–Crippen LogP) is 5.87. The largest absolute Gasteiger partial charge is 0.497 e. The zero-order valence-corrected chi connectivity index (χ0v) is 28.9. The topological polar surface area (TPSA) is 101 Å². The number of nitrogens with zero attached hydrogens (tertiary/aromatic N) is 3. The van der Waals surface area contributed by atoms with Crippen LogP contribution in [0.5, 0.6) is 5.75 Å². The van der Waals surface area contributed by atoms with E-state index in [0.29, 0.717) is 12.5 Å². The number of methoxy groups -OCH3 is 1. The summed E-state index contributed by atoms with van der Waals surface area (Å²) in [7, 11) is -0.198. The number of alkyl halides is 1. The second kappa shape index (κ2) is 13.1. The molecule has 48 heavy (non-hydrogen) atoms. The normalized spacial score (nSPS) is 22.6. The number of sulfonamides is 1. The Morgan fingerprint density at radius 1 is 0.979 bits per heavy atom. The molecule has 3 heterocycles. The summed E-state index contributed by atoms with van der Waals surface area (Å²) in [5, 5.41) is 1.03. The van der Waals surface area contributed by atoms with Gasteiger partial charge in [-0.25, -0.2) is 13.1 Å². The van der Waals surface area contributed by atoms with Crippen LogP contribution in [0.15, 0.2) is 42.5 Å². The van der Waals surface area contributed by atoms with E-state index in [1.807, 2.05) is 18.2 Å². The SMILES string of the molecule is COc1ccc(-c2c(C3CCCCC3)c3ccc(C(=O)NS(=O)(=O)CCCF)cc3n2CC2(C(=O)N3C4CCC3CN(C)C4)CC2)cc1. The van der Waals surface area contributed by atoms with Crippen LogP contribution < -0.4 is 9.46 Å². The van der Waals surface area contributed by atoms with Crippen molar-refractivity contribution in [1.29, 1.82) is 0 Å². The molecule has 0 radical (unpaired) electrons. The molecule has 2 amide bonds. The van der Waals surface area contributed by atoms with E-state index in [0.717, 1.165) is 92.4 Å². The number of carbonyl (C=O) groups is 2. The van der Waals surface area contributed by atoms with Gasteiger partial charge in [0.25, 0.3) is 5.91 Å². The molecule has 2 saturated heterocycles. The number of fused-ring (bicyclic) bond motifs is 3. The van der Waals surface area contributed by atoms with Gasteiger partial charge in [-0.15, -0.1) is 0 Å². The van der Waals surface area contributed by atoms with Crippen LogP contribution in [0.2, 0.25) is 0 Å². The monoisotopic (exact) mass is 678 g/mol. The first kappa shape index (κ1) is 33.1. The molecule has 11 heteroatoms. The summed E-state index contributed by atoms with van der Waals surface area (Å²) in [5.74, 6) is 0.130. The average Bonchev–Trinajstić information content (AvgIpc) is 3.74. The highest BCUT2D eigenvalue weighted by atomic mass is 32.2. The molecule has 2 bridgehead atoms. The van der Waals surface area contributed by atoms with Crippen molar-refractivity contribution >= 4 is 32.7 Å². The van der Waals surface area contributed by atoms with Gasteiger partial charge in [-0.2, -0.15) is 0 Å². The molecule has 4 fully saturated rings. The number of hydrogen-bond donors (Lipinski definition) is 1. The lowest BCUT2D eigenvalue weighted by atomic mass is 9.81. The Kier molecular flexibility index (Phi) is 9.04. The number of nitrogens with one attached hydrogen (secondary N) is 1. The van der Waals surface area contributed by atoms with E-state index in [1.54, 1.807) is 19.2 Å². The van der Waals surface area contributed by atoms with Crippen LogP contribution in [0.25, 0.3) is 22.2 Å². The van der Waals surface area contributed by atoms with Gasteiger partial charge in [-0.1, -0.05) is 25.3 Å². The number of benzene rings is 2. The quantitative estimate of drug-likeness (QED) is 0.273. The highest BCUT2D eigenvalue weighted by Gasteiger charge is 2.56. The molecule has 1 N–H and O–H groups in total. The summed E-state index contributed by atoms with van der Waals surface area (Å²) in [6, 6.07) is 14.0. The molecule has 2 aliphatic carbocycles. The van der Waals surface area contributed by atoms with Crippen LogP contribution in [0.1, 0.15) is 86.0 Å². The minimum absolute atomic E-state index is 0.175. The van der Waals surface area contributed by atoms with Gasteiger partial charge in [-0.05, 0) is 105 Å². The van der Waals surface area contributed by atoms with Gasteiger partial charge >= 0.3 is 0 Å². The first-order chi connectivity index (χ1) is 23.1. The van der Waals surface area contributed by atoms with Gasteiger partial charge < -0.3 is 19.1 Å². The summed E-state index contributed by atoms with van der Waals surface area (Å²) in [6.45, 7) is 1.52. The van der Waals surface area contributed by atoms with Crippen molar-refractivity contribution in [3.63, 3.8) is 0 Å². The van der Waals surface area contributed by atoms with Gasteiger partial charge in [0.05, 0.1) is 30.6 Å². The second-order valence-electron chi connectivity index (χ2n) is 14.5. The maximum absolute atomic E-state index is 14.6. The molecular formula is C37H47FN4O5S. The van der Waals surface area contributed by atoms with E-state index in [2.05, 4.69) is 38.3 Å². The van der Waals surface area contributed by atoms with E-state index >= 15 is 0 Å². The average molecular weight is 679 g/mol. The summed E-state index contributed by atoms with van der Waals surface area (Å²) in [4.78, 5) is 32.5. The molecule has 2 unspecified atom stereocenters. The number of ether oxygens (including phenoxy) is 1. The third-order valence-corrected chi connectivity index (χ3v) is 12.5. The molecule has 2 aliphatic heterocycles. The third-order valence-electron chi connectivity index (χ3n) is 11.2. The van der Waals surface area contributed by atoms with Gasteiger partial charge in [0, 0.05) is 48.2 Å². The number of piperazine rings is 1.